The highest BCUT2D eigenvalue weighted by Gasteiger charge is 2.32. The fourth-order valence-corrected chi connectivity index (χ4v) is 2.80. The molecule has 0 spiro atoms. The molecule has 8 heteroatoms. The number of rotatable bonds is 3. The first-order chi connectivity index (χ1) is 9.62. The summed E-state index contributed by atoms with van der Waals surface area (Å²) < 4.78 is 42.1. The average Bonchev–Trinajstić information content (AvgIpc) is 2.77. The van der Waals surface area contributed by atoms with Crippen LogP contribution in [0.4, 0.5) is 4.39 Å². The Morgan fingerprint density at radius 2 is 2.14 bits per heavy atom. The number of carbonyl (C=O) groups excluding carboxylic acids is 1. The molecule has 1 aliphatic heterocycles. The molecule has 1 amide bonds. The van der Waals surface area contributed by atoms with Crippen molar-refractivity contribution in [3.63, 3.8) is 0 Å². The van der Waals surface area contributed by atoms with E-state index in [1.54, 1.807) is 6.92 Å². The summed E-state index contributed by atoms with van der Waals surface area (Å²) in [4.78, 5) is 11.9. The van der Waals surface area contributed by atoms with Crippen LogP contribution in [0.5, 0.6) is 0 Å². The molecule has 1 aliphatic rings. The highest BCUT2D eigenvalue weighted by atomic mass is 32.2. The number of hydrogen-bond acceptors (Lipinski definition) is 4. The largest absolute Gasteiger partial charge is 0.379 e. The van der Waals surface area contributed by atoms with E-state index in [4.69, 9.17) is 9.88 Å². The Hall–Kier alpha value is -1.51. The van der Waals surface area contributed by atoms with Gasteiger partial charge in [-0.15, -0.1) is 0 Å². The van der Waals surface area contributed by atoms with Gasteiger partial charge in [0.05, 0.1) is 22.6 Å². The van der Waals surface area contributed by atoms with Crippen LogP contribution in [0.2, 0.25) is 0 Å². The maximum absolute atomic E-state index is 14.1. The van der Waals surface area contributed by atoms with E-state index >= 15 is 0 Å². The van der Waals surface area contributed by atoms with Gasteiger partial charge in [-0.05, 0) is 38.0 Å². The summed E-state index contributed by atoms with van der Waals surface area (Å²) in [5, 5.41) is 7.71. The van der Waals surface area contributed by atoms with Crippen molar-refractivity contribution < 1.29 is 22.3 Å². The molecule has 116 valence electrons. The van der Waals surface area contributed by atoms with Gasteiger partial charge in [-0.3, -0.25) is 4.79 Å². The first-order valence-corrected chi connectivity index (χ1v) is 7.90. The van der Waals surface area contributed by atoms with E-state index in [-0.39, 0.29) is 16.0 Å². The van der Waals surface area contributed by atoms with Crippen molar-refractivity contribution >= 4 is 15.9 Å². The standard InChI is InChI=1S/C13H17FN2O4S/c1-8-5-9(21(15,18)19)6-10(11(8)14)12(17)16-13(2)3-4-20-7-13/h5-6H,3-4,7H2,1-2H3,(H,16,17)(H2,15,18,19). The average molecular weight is 316 g/mol. The molecule has 1 aromatic carbocycles. The highest BCUT2D eigenvalue weighted by molar-refractivity contribution is 7.89. The van der Waals surface area contributed by atoms with E-state index in [0.717, 1.165) is 12.1 Å². The molecule has 2 rings (SSSR count). The topological polar surface area (TPSA) is 98.5 Å². The zero-order valence-electron chi connectivity index (χ0n) is 11.8. The molecule has 21 heavy (non-hydrogen) atoms. The van der Waals surface area contributed by atoms with Crippen molar-refractivity contribution in [1.82, 2.24) is 5.32 Å². The zero-order chi connectivity index (χ0) is 15.8. The molecule has 6 nitrogen and oxygen atoms in total. The molecule has 0 aromatic heterocycles. The van der Waals surface area contributed by atoms with Crippen LogP contribution in [0, 0.1) is 12.7 Å². The van der Waals surface area contributed by atoms with E-state index in [1.165, 1.54) is 6.92 Å². The Labute approximate surface area is 122 Å². The number of aryl methyl sites for hydroxylation is 1. The third kappa shape index (κ3) is 3.39. The van der Waals surface area contributed by atoms with Crippen molar-refractivity contribution in [2.75, 3.05) is 13.2 Å². The quantitative estimate of drug-likeness (QED) is 0.857. The minimum atomic E-state index is -4.01. The van der Waals surface area contributed by atoms with Gasteiger partial charge in [0.2, 0.25) is 10.0 Å². The lowest BCUT2D eigenvalue weighted by molar-refractivity contribution is 0.0885. The van der Waals surface area contributed by atoms with Gasteiger partial charge in [-0.1, -0.05) is 0 Å². The van der Waals surface area contributed by atoms with Crippen molar-refractivity contribution in [3.8, 4) is 0 Å². The van der Waals surface area contributed by atoms with Crippen LogP contribution in [-0.2, 0) is 14.8 Å². The minimum absolute atomic E-state index is 0.0412. The van der Waals surface area contributed by atoms with Gasteiger partial charge >= 0.3 is 0 Å². The minimum Gasteiger partial charge on any atom is -0.379 e. The third-order valence-corrected chi connectivity index (χ3v) is 4.33. The monoisotopic (exact) mass is 316 g/mol. The van der Waals surface area contributed by atoms with E-state index < -0.39 is 27.3 Å². The van der Waals surface area contributed by atoms with Crippen LogP contribution >= 0.6 is 0 Å². The number of nitrogens with one attached hydrogen (secondary N) is 1. The van der Waals surface area contributed by atoms with Crippen LogP contribution in [0.25, 0.3) is 0 Å². The first-order valence-electron chi connectivity index (χ1n) is 6.36. The van der Waals surface area contributed by atoms with Crippen molar-refractivity contribution in [2.24, 2.45) is 5.14 Å². The number of carbonyl (C=O) groups is 1. The maximum Gasteiger partial charge on any atom is 0.254 e. The predicted octanol–water partition coefficient (Wildman–Crippen LogP) is 0.690. The number of ether oxygens (including phenoxy) is 1. The van der Waals surface area contributed by atoms with E-state index in [9.17, 15) is 17.6 Å². The molecule has 1 heterocycles. The number of halogens is 1. The van der Waals surface area contributed by atoms with Gasteiger partial charge in [0.15, 0.2) is 0 Å². The molecule has 1 unspecified atom stereocenters. The number of amides is 1. The maximum atomic E-state index is 14.1. The van der Waals surface area contributed by atoms with Gasteiger partial charge in [0.25, 0.3) is 5.91 Å². The van der Waals surface area contributed by atoms with Gasteiger partial charge in [-0.2, -0.15) is 0 Å². The number of hydrogen-bond donors (Lipinski definition) is 2. The lowest BCUT2D eigenvalue weighted by Gasteiger charge is -2.24. The molecule has 1 aromatic rings. The second-order valence-electron chi connectivity index (χ2n) is 5.46. The number of sulfonamides is 1. The molecule has 0 radical (unpaired) electrons. The Kier molecular flexibility index (Phi) is 4.05. The van der Waals surface area contributed by atoms with Crippen LogP contribution in [-0.4, -0.2) is 33.1 Å². The SMILES string of the molecule is Cc1cc(S(N)(=O)=O)cc(C(=O)NC2(C)CCOC2)c1F. The highest BCUT2D eigenvalue weighted by Crippen LogP contribution is 2.22. The van der Waals surface area contributed by atoms with Gasteiger partial charge < -0.3 is 10.1 Å². The molecular formula is C13H17FN2O4S. The molecule has 0 saturated carbocycles. The van der Waals surface area contributed by atoms with E-state index in [0.29, 0.717) is 19.6 Å². The first kappa shape index (κ1) is 15.9. The van der Waals surface area contributed by atoms with Crippen molar-refractivity contribution in [2.45, 2.75) is 30.7 Å². The Balaban J connectivity index is 2.38. The van der Waals surface area contributed by atoms with E-state index in [1.807, 2.05) is 0 Å². The van der Waals surface area contributed by atoms with Crippen molar-refractivity contribution in [1.29, 1.82) is 0 Å². The van der Waals surface area contributed by atoms with Crippen molar-refractivity contribution in [3.05, 3.63) is 29.1 Å². The summed E-state index contributed by atoms with van der Waals surface area (Å²) in [6.45, 7) is 4.00. The van der Waals surface area contributed by atoms with Gasteiger partial charge in [0.1, 0.15) is 5.82 Å². The molecule has 1 atom stereocenters. The molecule has 0 bridgehead atoms. The van der Waals surface area contributed by atoms with E-state index in [2.05, 4.69) is 5.32 Å². The lowest BCUT2D eigenvalue weighted by Crippen LogP contribution is -2.46. The fraction of sp³-hybridized carbons (Fsp3) is 0.462. The second-order valence-corrected chi connectivity index (χ2v) is 7.03. The lowest BCUT2D eigenvalue weighted by atomic mass is 10.0. The number of benzene rings is 1. The summed E-state index contributed by atoms with van der Waals surface area (Å²) in [7, 11) is -4.01. The van der Waals surface area contributed by atoms with Gasteiger partial charge in [0, 0.05) is 6.61 Å². The summed E-state index contributed by atoms with van der Waals surface area (Å²) >= 11 is 0. The molecule has 0 aliphatic carbocycles. The summed E-state index contributed by atoms with van der Waals surface area (Å²) in [5.74, 6) is -1.45. The Morgan fingerprint density at radius 3 is 2.67 bits per heavy atom. The van der Waals surface area contributed by atoms with Gasteiger partial charge in [-0.25, -0.2) is 17.9 Å². The number of primary sulfonamides is 1. The summed E-state index contributed by atoms with van der Waals surface area (Å²) in [6, 6.07) is 2.05. The molecule has 3 N–H and O–H groups in total. The summed E-state index contributed by atoms with van der Waals surface area (Å²) in [5.41, 5.74) is -0.888. The van der Waals surface area contributed by atoms with Crippen LogP contribution in [0.3, 0.4) is 0 Å². The second kappa shape index (κ2) is 5.36. The zero-order valence-corrected chi connectivity index (χ0v) is 12.6. The molecular weight excluding hydrogens is 299 g/mol. The van der Waals surface area contributed by atoms with Crippen LogP contribution in [0.15, 0.2) is 17.0 Å². The molecule has 1 saturated heterocycles. The number of nitrogens with two attached hydrogens (primary N) is 1. The third-order valence-electron chi connectivity index (χ3n) is 3.44. The predicted molar refractivity (Wildman–Crippen MR) is 73.8 cm³/mol. The Bertz CT molecular complexity index is 682. The smallest absolute Gasteiger partial charge is 0.254 e. The Morgan fingerprint density at radius 1 is 1.48 bits per heavy atom. The molecule has 1 fully saturated rings. The summed E-state index contributed by atoms with van der Waals surface area (Å²) in [6.07, 6.45) is 0.605. The van der Waals surface area contributed by atoms with Crippen LogP contribution in [0.1, 0.15) is 29.3 Å². The van der Waals surface area contributed by atoms with Crippen LogP contribution < -0.4 is 10.5 Å². The fourth-order valence-electron chi connectivity index (χ4n) is 2.17. The normalized spacial score (nSPS) is 22.3.